The van der Waals surface area contributed by atoms with Crippen LogP contribution in [0.2, 0.25) is 0 Å². The summed E-state index contributed by atoms with van der Waals surface area (Å²) in [6, 6.07) is 7.90. The summed E-state index contributed by atoms with van der Waals surface area (Å²) in [5, 5.41) is 3.43. The predicted octanol–water partition coefficient (Wildman–Crippen LogP) is 2.01. The molecule has 1 fully saturated rings. The Morgan fingerprint density at radius 3 is 3.05 bits per heavy atom. The van der Waals surface area contributed by atoms with Crippen molar-refractivity contribution < 1.29 is 9.53 Å². The molecule has 0 aliphatic carbocycles. The third-order valence-corrected chi connectivity index (χ3v) is 4.57. The third-order valence-electron chi connectivity index (χ3n) is 4.57. The minimum Gasteiger partial charge on any atom is -0.492 e. The minimum atomic E-state index is -0.127. The maximum absolute atomic E-state index is 12.8. The molecule has 2 unspecified atom stereocenters. The molecule has 0 spiro atoms. The summed E-state index contributed by atoms with van der Waals surface area (Å²) in [7, 11) is 0. The zero-order chi connectivity index (χ0) is 14.7. The number of fused-ring (bicyclic) bond motifs is 1. The van der Waals surface area contributed by atoms with Crippen LogP contribution in [-0.4, -0.2) is 43.6 Å². The van der Waals surface area contributed by atoms with Crippen molar-refractivity contribution in [1.82, 2.24) is 10.2 Å². The molecular weight excluding hydrogens is 264 g/mol. The molecule has 1 saturated heterocycles. The second kappa shape index (κ2) is 6.48. The van der Waals surface area contributed by atoms with E-state index in [0.29, 0.717) is 12.5 Å². The maximum atomic E-state index is 12.8. The molecular formula is C17H24N2O2. The van der Waals surface area contributed by atoms with Gasteiger partial charge in [0.05, 0.1) is 0 Å². The van der Waals surface area contributed by atoms with Crippen molar-refractivity contribution in [3.63, 3.8) is 0 Å². The maximum Gasteiger partial charge on any atom is 0.233 e. The highest BCUT2D eigenvalue weighted by molar-refractivity contribution is 5.85. The summed E-state index contributed by atoms with van der Waals surface area (Å²) < 4.78 is 5.66. The number of nitrogens with one attached hydrogen (secondary N) is 1. The molecule has 3 rings (SSSR count). The number of ether oxygens (including phenoxy) is 1. The van der Waals surface area contributed by atoms with Crippen LogP contribution in [0.5, 0.6) is 5.75 Å². The highest BCUT2D eigenvalue weighted by atomic mass is 16.5. The summed E-state index contributed by atoms with van der Waals surface area (Å²) in [6.45, 7) is 6.32. The number of hydrogen-bond donors (Lipinski definition) is 1. The van der Waals surface area contributed by atoms with Gasteiger partial charge in [-0.05, 0) is 44.8 Å². The number of nitrogens with zero attached hydrogens (tertiary/aromatic N) is 1. The number of piperidine rings is 1. The van der Waals surface area contributed by atoms with E-state index in [-0.39, 0.29) is 11.8 Å². The van der Waals surface area contributed by atoms with Crippen molar-refractivity contribution in [2.75, 3.05) is 32.8 Å². The third kappa shape index (κ3) is 3.05. The Labute approximate surface area is 126 Å². The molecule has 2 atom stereocenters. The number of amides is 1. The van der Waals surface area contributed by atoms with Crippen LogP contribution in [0.3, 0.4) is 0 Å². The number of likely N-dealkylation sites (N-methyl/N-ethyl adjacent to an activating group) is 1. The molecule has 114 valence electrons. The molecule has 2 heterocycles. The second-order valence-electron chi connectivity index (χ2n) is 5.99. The van der Waals surface area contributed by atoms with Gasteiger partial charge in [-0.15, -0.1) is 0 Å². The highest BCUT2D eigenvalue weighted by Crippen LogP contribution is 2.34. The number of benzene rings is 1. The van der Waals surface area contributed by atoms with Gasteiger partial charge >= 0.3 is 0 Å². The van der Waals surface area contributed by atoms with Crippen LogP contribution in [0, 0.1) is 5.92 Å². The molecule has 0 aromatic heterocycles. The van der Waals surface area contributed by atoms with Gasteiger partial charge in [0.25, 0.3) is 0 Å². The standard InChI is InChI=1S/C17H24N2O2/c1-2-19(11-13-6-5-9-18-10-13)17(20)15-12-21-16-8-4-3-7-14(15)16/h3-4,7-8,13,15,18H,2,5-6,9-12H2,1H3. The van der Waals surface area contributed by atoms with Gasteiger partial charge in [-0.1, -0.05) is 18.2 Å². The normalized spacial score (nSPS) is 24.2. The Bertz CT molecular complexity index is 497. The van der Waals surface area contributed by atoms with Gasteiger partial charge in [0.15, 0.2) is 0 Å². The van der Waals surface area contributed by atoms with E-state index in [4.69, 9.17) is 4.74 Å². The first kappa shape index (κ1) is 14.4. The number of rotatable bonds is 4. The minimum absolute atomic E-state index is 0.127. The molecule has 0 radical (unpaired) electrons. The second-order valence-corrected chi connectivity index (χ2v) is 5.99. The number of hydrogen-bond acceptors (Lipinski definition) is 3. The molecule has 2 aliphatic heterocycles. The van der Waals surface area contributed by atoms with E-state index in [0.717, 1.165) is 37.5 Å². The van der Waals surface area contributed by atoms with E-state index in [1.54, 1.807) is 0 Å². The smallest absolute Gasteiger partial charge is 0.233 e. The fraction of sp³-hybridized carbons (Fsp3) is 0.588. The van der Waals surface area contributed by atoms with Crippen molar-refractivity contribution >= 4 is 5.91 Å². The zero-order valence-corrected chi connectivity index (χ0v) is 12.7. The summed E-state index contributed by atoms with van der Waals surface area (Å²) in [6.07, 6.45) is 2.43. The van der Waals surface area contributed by atoms with Crippen LogP contribution in [-0.2, 0) is 4.79 Å². The fourth-order valence-corrected chi connectivity index (χ4v) is 3.35. The van der Waals surface area contributed by atoms with Gasteiger partial charge in [-0.2, -0.15) is 0 Å². The predicted molar refractivity (Wildman–Crippen MR) is 82.5 cm³/mol. The van der Waals surface area contributed by atoms with Crippen LogP contribution < -0.4 is 10.1 Å². The molecule has 1 aromatic rings. The number of para-hydroxylation sites is 1. The average Bonchev–Trinajstić information content (AvgIpc) is 2.97. The lowest BCUT2D eigenvalue weighted by Gasteiger charge is -2.30. The van der Waals surface area contributed by atoms with Crippen LogP contribution >= 0.6 is 0 Å². The van der Waals surface area contributed by atoms with E-state index in [1.807, 2.05) is 29.2 Å². The van der Waals surface area contributed by atoms with Gasteiger partial charge in [-0.3, -0.25) is 4.79 Å². The first-order valence-corrected chi connectivity index (χ1v) is 8.00. The van der Waals surface area contributed by atoms with Gasteiger partial charge in [0, 0.05) is 18.7 Å². The van der Waals surface area contributed by atoms with Gasteiger partial charge in [0.2, 0.25) is 5.91 Å². The Balaban J connectivity index is 1.68. The quantitative estimate of drug-likeness (QED) is 0.921. The van der Waals surface area contributed by atoms with Gasteiger partial charge in [-0.25, -0.2) is 0 Å². The lowest BCUT2D eigenvalue weighted by atomic mass is 9.96. The lowest BCUT2D eigenvalue weighted by Crippen LogP contribution is -2.43. The molecule has 21 heavy (non-hydrogen) atoms. The molecule has 0 bridgehead atoms. The van der Waals surface area contributed by atoms with Gasteiger partial charge < -0.3 is 15.0 Å². The van der Waals surface area contributed by atoms with E-state index in [9.17, 15) is 4.79 Å². The first-order chi connectivity index (χ1) is 10.3. The van der Waals surface area contributed by atoms with Gasteiger partial charge in [0.1, 0.15) is 18.3 Å². The number of carbonyl (C=O) groups is 1. The van der Waals surface area contributed by atoms with E-state index >= 15 is 0 Å². The van der Waals surface area contributed by atoms with E-state index < -0.39 is 0 Å². The molecule has 0 saturated carbocycles. The molecule has 1 N–H and O–H groups in total. The number of carbonyl (C=O) groups excluding carboxylic acids is 1. The van der Waals surface area contributed by atoms with Crippen LogP contribution in [0.15, 0.2) is 24.3 Å². The average molecular weight is 288 g/mol. The summed E-state index contributed by atoms with van der Waals surface area (Å²) in [5.74, 6) is 1.54. The van der Waals surface area contributed by atoms with Crippen molar-refractivity contribution in [1.29, 1.82) is 0 Å². The largest absolute Gasteiger partial charge is 0.492 e. The molecule has 4 heteroatoms. The van der Waals surface area contributed by atoms with Crippen molar-refractivity contribution in [3.05, 3.63) is 29.8 Å². The summed E-state index contributed by atoms with van der Waals surface area (Å²) >= 11 is 0. The zero-order valence-electron chi connectivity index (χ0n) is 12.7. The van der Waals surface area contributed by atoms with E-state index in [1.165, 1.54) is 12.8 Å². The molecule has 4 nitrogen and oxygen atoms in total. The summed E-state index contributed by atoms with van der Waals surface area (Å²) in [4.78, 5) is 14.8. The molecule has 1 aromatic carbocycles. The summed E-state index contributed by atoms with van der Waals surface area (Å²) in [5.41, 5.74) is 1.04. The highest BCUT2D eigenvalue weighted by Gasteiger charge is 2.33. The van der Waals surface area contributed by atoms with Crippen molar-refractivity contribution in [3.8, 4) is 5.75 Å². The Hall–Kier alpha value is -1.55. The Kier molecular flexibility index (Phi) is 4.44. The van der Waals surface area contributed by atoms with E-state index in [2.05, 4.69) is 12.2 Å². The molecule has 2 aliphatic rings. The first-order valence-electron chi connectivity index (χ1n) is 8.00. The van der Waals surface area contributed by atoms with Crippen molar-refractivity contribution in [2.45, 2.75) is 25.7 Å². The Morgan fingerprint density at radius 1 is 1.43 bits per heavy atom. The SMILES string of the molecule is CCN(CC1CCCNC1)C(=O)C1COc2ccccc21. The van der Waals surface area contributed by atoms with Crippen molar-refractivity contribution in [2.24, 2.45) is 5.92 Å². The van der Waals surface area contributed by atoms with Crippen LogP contribution in [0.4, 0.5) is 0 Å². The molecule has 1 amide bonds. The Morgan fingerprint density at radius 2 is 2.29 bits per heavy atom. The monoisotopic (exact) mass is 288 g/mol. The lowest BCUT2D eigenvalue weighted by molar-refractivity contribution is -0.133. The topological polar surface area (TPSA) is 41.6 Å². The fourth-order valence-electron chi connectivity index (χ4n) is 3.35. The van der Waals surface area contributed by atoms with Crippen LogP contribution in [0.25, 0.3) is 0 Å². The van der Waals surface area contributed by atoms with Crippen LogP contribution in [0.1, 0.15) is 31.2 Å².